The maximum Gasteiger partial charge on any atom is 0.341 e. The molecule has 2 aromatic rings. The Balaban J connectivity index is 1.72. The Kier molecular flexibility index (Phi) is 4.88. The third-order valence-electron chi connectivity index (χ3n) is 4.67. The number of aryl methyl sites for hydroxylation is 1. The second-order valence-electron chi connectivity index (χ2n) is 6.46. The predicted octanol–water partition coefficient (Wildman–Crippen LogP) is 3.13. The zero-order valence-electron chi connectivity index (χ0n) is 14.3. The van der Waals surface area contributed by atoms with Gasteiger partial charge in [0.2, 0.25) is 0 Å². The van der Waals surface area contributed by atoms with Crippen molar-refractivity contribution in [3.63, 3.8) is 0 Å². The largest absolute Gasteiger partial charge is 0.449 e. The Morgan fingerprint density at radius 1 is 1.08 bits per heavy atom. The van der Waals surface area contributed by atoms with Crippen molar-refractivity contribution in [2.24, 2.45) is 7.05 Å². The highest BCUT2D eigenvalue weighted by molar-refractivity contribution is 6.05. The number of hydrogen-bond donors (Lipinski definition) is 0. The molecule has 0 N–H and O–H groups in total. The average Bonchev–Trinajstić information content (AvgIpc) is 2.77. The molecule has 24 heavy (non-hydrogen) atoms. The lowest BCUT2D eigenvalue weighted by Gasteiger charge is -2.23. The molecule has 0 bridgehead atoms. The van der Waals surface area contributed by atoms with Crippen LogP contribution >= 0.6 is 0 Å². The molecule has 5 nitrogen and oxygen atoms in total. The predicted molar refractivity (Wildman–Crippen MR) is 92.8 cm³/mol. The first-order chi connectivity index (χ1) is 11.6. The Labute approximate surface area is 142 Å². The molecule has 1 unspecified atom stereocenters. The summed E-state index contributed by atoms with van der Waals surface area (Å²) in [4.78, 5) is 26.9. The van der Waals surface area contributed by atoms with Crippen LogP contribution in [0.15, 0.2) is 30.5 Å². The fourth-order valence-electron chi connectivity index (χ4n) is 3.33. The molecular weight excluding hydrogens is 304 g/mol. The lowest BCUT2D eigenvalue weighted by Crippen LogP contribution is -2.40. The van der Waals surface area contributed by atoms with E-state index in [9.17, 15) is 9.59 Å². The number of carbonyl (C=O) groups excluding carboxylic acids is 2. The van der Waals surface area contributed by atoms with E-state index in [1.54, 1.807) is 13.1 Å². The summed E-state index contributed by atoms with van der Waals surface area (Å²) >= 11 is 0. The molecule has 3 rings (SSSR count). The van der Waals surface area contributed by atoms with E-state index in [1.807, 2.05) is 40.8 Å². The van der Waals surface area contributed by atoms with Crippen molar-refractivity contribution >= 4 is 22.8 Å². The molecule has 1 aromatic carbocycles. The number of ether oxygens (including phenoxy) is 1. The number of likely N-dealkylation sites (tertiary alicyclic amines) is 1. The van der Waals surface area contributed by atoms with Gasteiger partial charge in [-0.3, -0.25) is 4.79 Å². The molecule has 1 amide bonds. The van der Waals surface area contributed by atoms with Gasteiger partial charge in [-0.1, -0.05) is 31.0 Å². The first-order valence-electron chi connectivity index (χ1n) is 8.62. The summed E-state index contributed by atoms with van der Waals surface area (Å²) in [6.07, 6.45) is 5.37. The van der Waals surface area contributed by atoms with Crippen molar-refractivity contribution in [2.75, 3.05) is 13.1 Å². The first kappa shape index (κ1) is 16.6. The van der Waals surface area contributed by atoms with Gasteiger partial charge < -0.3 is 14.2 Å². The highest BCUT2D eigenvalue weighted by Gasteiger charge is 2.26. The van der Waals surface area contributed by atoms with Crippen molar-refractivity contribution in [3.8, 4) is 0 Å². The Morgan fingerprint density at radius 3 is 2.46 bits per heavy atom. The Bertz CT molecular complexity index is 742. The second-order valence-corrected chi connectivity index (χ2v) is 6.46. The lowest BCUT2D eigenvalue weighted by molar-refractivity contribution is -0.139. The van der Waals surface area contributed by atoms with Gasteiger partial charge >= 0.3 is 5.97 Å². The molecule has 0 saturated carbocycles. The molecule has 1 aromatic heterocycles. The summed E-state index contributed by atoms with van der Waals surface area (Å²) in [6.45, 7) is 3.18. The van der Waals surface area contributed by atoms with E-state index < -0.39 is 12.1 Å². The molecule has 0 spiro atoms. The number of benzene rings is 1. The monoisotopic (exact) mass is 328 g/mol. The van der Waals surface area contributed by atoms with Crippen LogP contribution in [0.3, 0.4) is 0 Å². The SMILES string of the molecule is CC(OC(=O)c1cn(C)c2ccccc12)C(=O)N1CCCCCC1. The van der Waals surface area contributed by atoms with Crippen molar-refractivity contribution in [3.05, 3.63) is 36.0 Å². The number of esters is 1. The topological polar surface area (TPSA) is 51.5 Å². The minimum Gasteiger partial charge on any atom is -0.449 e. The smallest absolute Gasteiger partial charge is 0.341 e. The fourth-order valence-corrected chi connectivity index (χ4v) is 3.33. The van der Waals surface area contributed by atoms with E-state index in [0.717, 1.165) is 49.7 Å². The minimum absolute atomic E-state index is 0.0921. The molecule has 2 heterocycles. The zero-order valence-corrected chi connectivity index (χ0v) is 14.3. The molecule has 1 aliphatic heterocycles. The molecule has 1 aliphatic rings. The maximum atomic E-state index is 12.5. The van der Waals surface area contributed by atoms with Gasteiger partial charge in [-0.2, -0.15) is 0 Å². The van der Waals surface area contributed by atoms with Gasteiger partial charge in [0.05, 0.1) is 5.56 Å². The standard InChI is InChI=1S/C19H24N2O3/c1-14(18(22)21-11-7-3-4-8-12-21)24-19(23)16-13-20(2)17-10-6-5-9-15(16)17/h5-6,9-10,13-14H,3-4,7-8,11-12H2,1-2H3. The molecule has 1 fully saturated rings. The van der Waals surface area contributed by atoms with E-state index in [4.69, 9.17) is 4.74 Å². The van der Waals surface area contributed by atoms with Crippen LogP contribution in [0.5, 0.6) is 0 Å². The summed E-state index contributed by atoms with van der Waals surface area (Å²) < 4.78 is 7.37. The van der Waals surface area contributed by atoms with Crippen LogP contribution in [0.1, 0.15) is 43.0 Å². The maximum absolute atomic E-state index is 12.5. The molecule has 0 aliphatic carbocycles. The van der Waals surface area contributed by atoms with Gasteiger partial charge in [-0.05, 0) is 25.8 Å². The van der Waals surface area contributed by atoms with E-state index >= 15 is 0 Å². The van der Waals surface area contributed by atoms with Crippen LogP contribution in [0.2, 0.25) is 0 Å². The summed E-state index contributed by atoms with van der Waals surface area (Å²) in [5, 5.41) is 0.847. The van der Waals surface area contributed by atoms with Crippen LogP contribution in [-0.2, 0) is 16.6 Å². The fraction of sp³-hybridized carbons (Fsp3) is 0.474. The number of rotatable bonds is 3. The van der Waals surface area contributed by atoms with E-state index in [0.29, 0.717) is 5.56 Å². The average molecular weight is 328 g/mol. The number of hydrogen-bond acceptors (Lipinski definition) is 3. The van der Waals surface area contributed by atoms with Gasteiger partial charge in [0.15, 0.2) is 6.10 Å². The summed E-state index contributed by atoms with van der Waals surface area (Å²) in [5.41, 5.74) is 1.47. The third kappa shape index (κ3) is 3.30. The highest BCUT2D eigenvalue weighted by Crippen LogP contribution is 2.22. The third-order valence-corrected chi connectivity index (χ3v) is 4.67. The second kappa shape index (κ2) is 7.07. The van der Waals surface area contributed by atoms with Crippen LogP contribution in [-0.4, -0.2) is 40.5 Å². The minimum atomic E-state index is -0.755. The molecular formula is C19H24N2O3. The van der Waals surface area contributed by atoms with Gasteiger partial charge in [0.1, 0.15) is 0 Å². The molecule has 1 atom stereocenters. The van der Waals surface area contributed by atoms with Gasteiger partial charge in [0, 0.05) is 37.2 Å². The van der Waals surface area contributed by atoms with E-state index in [1.165, 1.54) is 0 Å². The molecule has 128 valence electrons. The number of aromatic nitrogens is 1. The number of carbonyl (C=O) groups is 2. The molecule has 0 radical (unpaired) electrons. The zero-order chi connectivity index (χ0) is 17.1. The number of amides is 1. The summed E-state index contributed by atoms with van der Waals surface area (Å²) in [5.74, 6) is -0.534. The number of nitrogens with zero attached hydrogens (tertiary/aromatic N) is 2. The van der Waals surface area contributed by atoms with Gasteiger partial charge in [0.25, 0.3) is 5.91 Å². The summed E-state index contributed by atoms with van der Waals surface area (Å²) in [6, 6.07) is 7.68. The molecule has 1 saturated heterocycles. The van der Waals surface area contributed by atoms with Crippen LogP contribution in [0.25, 0.3) is 10.9 Å². The summed E-state index contributed by atoms with van der Waals surface area (Å²) in [7, 11) is 1.89. The van der Waals surface area contributed by atoms with Crippen molar-refractivity contribution in [2.45, 2.75) is 38.7 Å². The van der Waals surface area contributed by atoms with E-state index in [2.05, 4.69) is 0 Å². The normalized spacial score (nSPS) is 16.7. The van der Waals surface area contributed by atoms with Crippen LogP contribution in [0, 0.1) is 0 Å². The van der Waals surface area contributed by atoms with Crippen molar-refractivity contribution in [1.29, 1.82) is 0 Å². The number of fused-ring (bicyclic) bond motifs is 1. The van der Waals surface area contributed by atoms with Crippen LogP contribution < -0.4 is 0 Å². The first-order valence-corrected chi connectivity index (χ1v) is 8.62. The van der Waals surface area contributed by atoms with Crippen LogP contribution in [0.4, 0.5) is 0 Å². The molecule has 5 heteroatoms. The van der Waals surface area contributed by atoms with Gasteiger partial charge in [-0.15, -0.1) is 0 Å². The van der Waals surface area contributed by atoms with E-state index in [-0.39, 0.29) is 5.91 Å². The lowest BCUT2D eigenvalue weighted by atomic mass is 10.2. The Morgan fingerprint density at radius 2 is 1.75 bits per heavy atom. The quantitative estimate of drug-likeness (QED) is 0.814. The Hall–Kier alpha value is -2.30. The highest BCUT2D eigenvalue weighted by atomic mass is 16.5. The van der Waals surface area contributed by atoms with Gasteiger partial charge in [-0.25, -0.2) is 4.79 Å². The van der Waals surface area contributed by atoms with Crippen molar-refractivity contribution in [1.82, 2.24) is 9.47 Å². The van der Waals surface area contributed by atoms with Crippen molar-refractivity contribution < 1.29 is 14.3 Å². The number of para-hydroxylation sites is 1.